The van der Waals surface area contributed by atoms with E-state index in [0.29, 0.717) is 19.5 Å². The summed E-state index contributed by atoms with van der Waals surface area (Å²) in [5.74, 6) is 0.138. The Hall–Kier alpha value is -2.58. The van der Waals surface area contributed by atoms with E-state index in [1.807, 2.05) is 47.1 Å². The van der Waals surface area contributed by atoms with E-state index in [1.165, 1.54) is 21.1 Å². The normalized spacial score (nSPS) is 19.6. The van der Waals surface area contributed by atoms with E-state index in [4.69, 9.17) is 0 Å². The van der Waals surface area contributed by atoms with Gasteiger partial charge in [-0.25, -0.2) is 8.42 Å². The lowest BCUT2D eigenvalue weighted by Crippen LogP contribution is -2.54. The maximum Gasteiger partial charge on any atom is 0.246 e. The van der Waals surface area contributed by atoms with Crippen LogP contribution in [-0.4, -0.2) is 74.7 Å². The number of hydrogen-bond donors (Lipinski definition) is 0. The molecule has 2 saturated heterocycles. The van der Waals surface area contributed by atoms with Crippen molar-refractivity contribution in [3.05, 3.63) is 59.7 Å². The third-order valence-corrected chi connectivity index (χ3v) is 8.74. The maximum absolute atomic E-state index is 13.7. The average molecular weight is 485 g/mol. The van der Waals surface area contributed by atoms with E-state index in [-0.39, 0.29) is 24.9 Å². The first-order valence-corrected chi connectivity index (χ1v) is 13.8. The smallest absolute Gasteiger partial charge is 0.246 e. The second-order valence-electron chi connectivity index (χ2n) is 9.37. The second-order valence-corrected chi connectivity index (χ2v) is 11.5. The molecule has 0 saturated carbocycles. The van der Waals surface area contributed by atoms with Crippen molar-refractivity contribution in [2.45, 2.75) is 39.7 Å². The molecule has 2 aliphatic heterocycles. The molecule has 0 spiro atoms. The van der Waals surface area contributed by atoms with Crippen molar-refractivity contribution in [2.24, 2.45) is 0 Å². The number of para-hydroxylation sites is 1. The molecule has 4 rings (SSSR count). The number of carbonyl (C=O) groups is 1. The predicted octanol–water partition coefficient (Wildman–Crippen LogP) is 3.23. The Balaban J connectivity index is 1.49. The predicted molar refractivity (Wildman–Crippen MR) is 138 cm³/mol. The van der Waals surface area contributed by atoms with Crippen molar-refractivity contribution in [2.75, 3.05) is 54.9 Å². The largest absolute Gasteiger partial charge is 0.368 e. The number of nitrogens with zero attached hydrogens (tertiary/aromatic N) is 4. The van der Waals surface area contributed by atoms with Crippen LogP contribution in [0.3, 0.4) is 0 Å². The molecule has 0 aliphatic carbocycles. The van der Waals surface area contributed by atoms with E-state index < -0.39 is 16.1 Å². The molecule has 0 N–H and O–H groups in total. The van der Waals surface area contributed by atoms with E-state index in [2.05, 4.69) is 36.9 Å². The van der Waals surface area contributed by atoms with Gasteiger partial charge in [-0.05, 0) is 49.6 Å². The molecule has 1 amide bonds. The number of unbranched alkanes of at least 4 members (excludes halogenated alkanes) is 1. The number of anilines is 2. The van der Waals surface area contributed by atoms with Crippen LogP contribution in [0.25, 0.3) is 0 Å². The number of piperazine rings is 1. The Morgan fingerprint density at radius 1 is 1.00 bits per heavy atom. The highest BCUT2D eigenvalue weighted by Gasteiger charge is 2.42. The van der Waals surface area contributed by atoms with Gasteiger partial charge in [0.1, 0.15) is 6.04 Å². The number of benzene rings is 2. The van der Waals surface area contributed by atoms with Crippen molar-refractivity contribution >= 4 is 27.3 Å². The molecule has 1 atom stereocenters. The Morgan fingerprint density at radius 2 is 1.71 bits per heavy atom. The van der Waals surface area contributed by atoms with Crippen LogP contribution in [0.5, 0.6) is 0 Å². The number of sulfonamides is 1. The minimum Gasteiger partial charge on any atom is -0.368 e. The van der Waals surface area contributed by atoms with Gasteiger partial charge in [-0.2, -0.15) is 4.31 Å². The van der Waals surface area contributed by atoms with Crippen LogP contribution in [0.4, 0.5) is 11.4 Å². The lowest BCUT2D eigenvalue weighted by Gasteiger charge is -2.39. The summed E-state index contributed by atoms with van der Waals surface area (Å²) >= 11 is 0. The summed E-state index contributed by atoms with van der Waals surface area (Å²) in [5, 5.41) is 0. The molecule has 0 aromatic heterocycles. The van der Waals surface area contributed by atoms with E-state index in [1.54, 1.807) is 0 Å². The average Bonchev–Trinajstić information content (AvgIpc) is 3.31. The number of amides is 1. The SMILES string of the molecule is CCCCS(=O)(=O)N1C[C@@H](C(=O)N2CCN(c3cc(C)ccc3C)CC2)N(c2ccccc2)C1. The van der Waals surface area contributed by atoms with Crippen LogP contribution < -0.4 is 9.80 Å². The van der Waals surface area contributed by atoms with Crippen molar-refractivity contribution in [1.29, 1.82) is 0 Å². The van der Waals surface area contributed by atoms with Gasteiger partial charge in [0.05, 0.1) is 12.4 Å². The van der Waals surface area contributed by atoms with Crippen molar-refractivity contribution in [3.8, 4) is 0 Å². The van der Waals surface area contributed by atoms with Gasteiger partial charge in [-0.1, -0.05) is 43.7 Å². The summed E-state index contributed by atoms with van der Waals surface area (Å²) < 4.78 is 27.4. The fourth-order valence-electron chi connectivity index (χ4n) is 4.81. The van der Waals surface area contributed by atoms with Crippen LogP contribution in [0, 0.1) is 13.8 Å². The number of rotatable bonds is 7. The Labute approximate surface area is 204 Å². The lowest BCUT2D eigenvalue weighted by atomic mass is 10.1. The third-order valence-electron chi connectivity index (χ3n) is 6.88. The summed E-state index contributed by atoms with van der Waals surface area (Å²) in [5.41, 5.74) is 4.58. The van der Waals surface area contributed by atoms with Crippen LogP contribution in [0.1, 0.15) is 30.9 Å². The fraction of sp³-hybridized carbons (Fsp3) is 0.500. The zero-order valence-electron chi connectivity index (χ0n) is 20.5. The highest BCUT2D eigenvalue weighted by Crippen LogP contribution is 2.28. The van der Waals surface area contributed by atoms with E-state index in [0.717, 1.165) is 25.2 Å². The van der Waals surface area contributed by atoms with Gasteiger partial charge in [0.2, 0.25) is 15.9 Å². The number of aryl methyl sites for hydroxylation is 2. The Kier molecular flexibility index (Phi) is 7.48. The van der Waals surface area contributed by atoms with E-state index >= 15 is 0 Å². The minimum atomic E-state index is -3.40. The second kappa shape index (κ2) is 10.4. The monoisotopic (exact) mass is 484 g/mol. The molecule has 2 fully saturated rings. The summed E-state index contributed by atoms with van der Waals surface area (Å²) in [4.78, 5) is 19.9. The maximum atomic E-state index is 13.7. The molecule has 0 bridgehead atoms. The zero-order valence-corrected chi connectivity index (χ0v) is 21.3. The molecule has 2 heterocycles. The van der Waals surface area contributed by atoms with Gasteiger partial charge in [-0.3, -0.25) is 4.79 Å². The van der Waals surface area contributed by atoms with Gasteiger partial charge >= 0.3 is 0 Å². The molecule has 8 heteroatoms. The van der Waals surface area contributed by atoms with Crippen LogP contribution in [0.2, 0.25) is 0 Å². The molecule has 2 aromatic rings. The Bertz CT molecular complexity index is 1100. The quantitative estimate of drug-likeness (QED) is 0.604. The molecule has 184 valence electrons. The summed E-state index contributed by atoms with van der Waals surface area (Å²) in [6.07, 6.45) is 1.45. The summed E-state index contributed by atoms with van der Waals surface area (Å²) in [6, 6.07) is 15.6. The van der Waals surface area contributed by atoms with E-state index in [9.17, 15) is 13.2 Å². The zero-order chi connectivity index (χ0) is 24.3. The summed E-state index contributed by atoms with van der Waals surface area (Å²) in [6.45, 7) is 9.43. The van der Waals surface area contributed by atoms with Gasteiger partial charge in [-0.15, -0.1) is 0 Å². The third kappa shape index (κ3) is 5.23. The highest BCUT2D eigenvalue weighted by molar-refractivity contribution is 7.89. The molecule has 2 aromatic carbocycles. The summed E-state index contributed by atoms with van der Waals surface area (Å²) in [7, 11) is -3.40. The van der Waals surface area contributed by atoms with Crippen LogP contribution in [0.15, 0.2) is 48.5 Å². The highest BCUT2D eigenvalue weighted by atomic mass is 32.2. The molecule has 0 unspecified atom stereocenters. The van der Waals surface area contributed by atoms with Gasteiger partial charge in [0.25, 0.3) is 0 Å². The lowest BCUT2D eigenvalue weighted by molar-refractivity contribution is -0.132. The van der Waals surface area contributed by atoms with Crippen LogP contribution in [-0.2, 0) is 14.8 Å². The first-order chi connectivity index (χ1) is 16.3. The van der Waals surface area contributed by atoms with Gasteiger partial charge < -0.3 is 14.7 Å². The minimum absolute atomic E-state index is 0.0117. The first-order valence-electron chi connectivity index (χ1n) is 12.2. The molecule has 0 radical (unpaired) electrons. The van der Waals surface area contributed by atoms with Gasteiger partial charge in [0.15, 0.2) is 0 Å². The van der Waals surface area contributed by atoms with Crippen molar-refractivity contribution in [1.82, 2.24) is 9.21 Å². The van der Waals surface area contributed by atoms with Crippen LogP contribution >= 0.6 is 0 Å². The first kappa shape index (κ1) is 24.5. The molecule has 2 aliphatic rings. The standard InChI is InChI=1S/C26H36N4O3S/c1-4-5-17-34(32,33)29-19-25(30(20-29)23-9-7-6-8-10-23)26(31)28-15-13-27(14-16-28)24-18-21(2)11-12-22(24)3/h6-12,18,25H,4-5,13-17,19-20H2,1-3H3/t25-/m0/s1. The number of carbonyl (C=O) groups excluding carboxylic acids is 1. The molecule has 34 heavy (non-hydrogen) atoms. The van der Waals surface area contributed by atoms with Crippen molar-refractivity contribution < 1.29 is 13.2 Å². The van der Waals surface area contributed by atoms with Gasteiger partial charge in [0, 0.05) is 44.1 Å². The molecular weight excluding hydrogens is 448 g/mol. The fourth-order valence-corrected chi connectivity index (χ4v) is 6.39. The topological polar surface area (TPSA) is 64.2 Å². The Morgan fingerprint density at radius 3 is 2.38 bits per heavy atom. The van der Waals surface area contributed by atoms with Crippen molar-refractivity contribution in [3.63, 3.8) is 0 Å². The number of hydrogen-bond acceptors (Lipinski definition) is 5. The molecule has 7 nitrogen and oxygen atoms in total. The molecular formula is C26H36N4O3S.